The van der Waals surface area contributed by atoms with Crippen molar-refractivity contribution in [3.8, 4) is 0 Å². The van der Waals surface area contributed by atoms with Gasteiger partial charge in [-0.05, 0) is 45.1 Å². The van der Waals surface area contributed by atoms with Crippen molar-refractivity contribution in [3.05, 3.63) is 83.1 Å². The third kappa shape index (κ3) is 8.83. The molecule has 0 fully saturated rings. The second kappa shape index (κ2) is 12.7. The maximum absolute atomic E-state index is 9.98. The minimum absolute atomic E-state index is 0.0653. The van der Waals surface area contributed by atoms with Crippen LogP contribution in [0.25, 0.3) is 0 Å². The molecule has 0 amide bonds. The fourth-order valence-electron chi connectivity index (χ4n) is 3.83. The van der Waals surface area contributed by atoms with Gasteiger partial charge < -0.3 is 14.6 Å². The maximum atomic E-state index is 9.98. The third-order valence-corrected chi connectivity index (χ3v) is 5.42. The van der Waals surface area contributed by atoms with E-state index in [1.165, 1.54) is 16.7 Å². The fourth-order valence-corrected chi connectivity index (χ4v) is 3.83. The van der Waals surface area contributed by atoms with Crippen LogP contribution in [0.2, 0.25) is 0 Å². The number of rotatable bonds is 9. The molecule has 2 atom stereocenters. The van der Waals surface area contributed by atoms with Crippen molar-refractivity contribution < 1.29 is 14.6 Å². The highest BCUT2D eigenvalue weighted by atomic mass is 16.7. The fraction of sp³-hybridized carbons (Fsp3) is 0.481. The maximum Gasteiger partial charge on any atom is 0.179 e. The molecule has 30 heavy (non-hydrogen) atoms. The zero-order valence-corrected chi connectivity index (χ0v) is 20.0. The Morgan fingerprint density at radius 3 is 2.17 bits per heavy atom. The van der Waals surface area contributed by atoms with Crippen molar-refractivity contribution in [1.29, 1.82) is 0 Å². The van der Waals surface area contributed by atoms with Crippen LogP contribution in [0.1, 0.15) is 48.0 Å². The van der Waals surface area contributed by atoms with Crippen LogP contribution < -0.4 is 0 Å². The highest BCUT2D eigenvalue weighted by Gasteiger charge is 2.34. The first kappa shape index (κ1) is 26.1. The van der Waals surface area contributed by atoms with Crippen LogP contribution in [0.4, 0.5) is 0 Å². The summed E-state index contributed by atoms with van der Waals surface area (Å²) in [7, 11) is 3.26. The predicted molar refractivity (Wildman–Crippen MR) is 128 cm³/mol. The topological polar surface area (TPSA) is 38.7 Å². The predicted octanol–water partition coefficient (Wildman–Crippen LogP) is 6.47. The Kier molecular flexibility index (Phi) is 11.0. The van der Waals surface area contributed by atoms with Gasteiger partial charge in [-0.1, -0.05) is 91.3 Å². The summed E-state index contributed by atoms with van der Waals surface area (Å²) >= 11 is 0. The van der Waals surface area contributed by atoms with Gasteiger partial charge in [0.15, 0.2) is 6.29 Å². The monoisotopic (exact) mass is 412 g/mol. The van der Waals surface area contributed by atoms with E-state index in [1.807, 2.05) is 31.2 Å². The van der Waals surface area contributed by atoms with Gasteiger partial charge in [0.05, 0.1) is 6.10 Å². The molecule has 0 aromatic heterocycles. The Bertz CT molecular complexity index is 753. The quantitative estimate of drug-likeness (QED) is 0.268. The smallest absolute Gasteiger partial charge is 0.179 e. The second-order valence-corrected chi connectivity index (χ2v) is 8.79. The summed E-state index contributed by atoms with van der Waals surface area (Å²) in [5.74, 6) is 0.354. The molecule has 3 nitrogen and oxygen atoms in total. The summed E-state index contributed by atoms with van der Waals surface area (Å²) < 4.78 is 10.4. The van der Waals surface area contributed by atoms with Crippen molar-refractivity contribution in [3.63, 3.8) is 0 Å². The normalized spacial score (nSPS) is 23.9. The summed E-state index contributed by atoms with van der Waals surface area (Å²) in [6.07, 6.45) is 20.9. The molecule has 0 unspecified atom stereocenters. The first-order valence-electron chi connectivity index (χ1n) is 10.6. The SMILES string of the molecule is COC(OC)/C(C)=C/C=C/C=C(C)/C=C/C=C(C)/C=C/[C@H]1C(C)=C[C@H](O)CC1(C)C. The van der Waals surface area contributed by atoms with Crippen molar-refractivity contribution in [2.75, 3.05) is 14.2 Å². The molecule has 1 aliphatic rings. The van der Waals surface area contributed by atoms with Crippen LogP contribution in [0, 0.1) is 11.3 Å². The van der Waals surface area contributed by atoms with Gasteiger partial charge in [-0.2, -0.15) is 0 Å². The van der Waals surface area contributed by atoms with E-state index < -0.39 is 0 Å². The number of aliphatic hydroxyl groups is 1. The molecule has 0 bridgehead atoms. The van der Waals surface area contributed by atoms with E-state index in [4.69, 9.17) is 9.47 Å². The lowest BCUT2D eigenvalue weighted by Crippen LogP contribution is -2.32. The van der Waals surface area contributed by atoms with Gasteiger partial charge in [-0.15, -0.1) is 0 Å². The molecular weight excluding hydrogens is 372 g/mol. The number of hydrogen-bond donors (Lipinski definition) is 1. The Labute approximate surface area is 183 Å². The van der Waals surface area contributed by atoms with Crippen molar-refractivity contribution in [2.45, 2.75) is 60.4 Å². The first-order valence-corrected chi connectivity index (χ1v) is 10.6. The minimum atomic E-state index is -0.325. The molecule has 0 aromatic carbocycles. The number of aliphatic hydroxyl groups excluding tert-OH is 1. The lowest BCUT2D eigenvalue weighted by Gasteiger charge is -2.38. The van der Waals surface area contributed by atoms with Crippen LogP contribution in [0.3, 0.4) is 0 Å². The van der Waals surface area contributed by atoms with E-state index >= 15 is 0 Å². The standard InChI is InChI=1S/C27H40O3/c1-20(12-9-10-15-22(3)26(29-7)30-8)13-11-14-21(2)16-17-25-23(4)18-24(28)19-27(25,5)6/h9-18,24-26,28H,19H2,1-8H3/b10-9+,13-11+,17-16+,20-12+,21-14+,22-15+/t24-,25-/m0/s1. The molecule has 166 valence electrons. The largest absolute Gasteiger partial charge is 0.389 e. The average molecular weight is 413 g/mol. The van der Waals surface area contributed by atoms with Crippen LogP contribution in [-0.4, -0.2) is 31.7 Å². The van der Waals surface area contributed by atoms with E-state index in [0.717, 1.165) is 12.0 Å². The molecule has 0 radical (unpaired) electrons. The zero-order chi connectivity index (χ0) is 22.7. The van der Waals surface area contributed by atoms with E-state index in [2.05, 4.69) is 71.1 Å². The van der Waals surface area contributed by atoms with Crippen LogP contribution in [0.5, 0.6) is 0 Å². The molecule has 0 saturated heterocycles. The van der Waals surface area contributed by atoms with Gasteiger partial charge in [-0.3, -0.25) is 0 Å². The first-order chi connectivity index (χ1) is 14.1. The summed E-state index contributed by atoms with van der Waals surface area (Å²) in [5, 5.41) is 9.98. The summed E-state index contributed by atoms with van der Waals surface area (Å²) in [6, 6.07) is 0. The second-order valence-electron chi connectivity index (χ2n) is 8.79. The van der Waals surface area contributed by atoms with Crippen LogP contribution >= 0.6 is 0 Å². The Morgan fingerprint density at radius 2 is 1.57 bits per heavy atom. The summed E-state index contributed by atoms with van der Waals surface area (Å²) in [6.45, 7) is 12.7. The van der Waals surface area contributed by atoms with E-state index in [9.17, 15) is 5.11 Å². The highest BCUT2D eigenvalue weighted by molar-refractivity contribution is 5.31. The van der Waals surface area contributed by atoms with Crippen molar-refractivity contribution in [1.82, 2.24) is 0 Å². The van der Waals surface area contributed by atoms with E-state index in [0.29, 0.717) is 5.92 Å². The summed E-state index contributed by atoms with van der Waals surface area (Å²) in [4.78, 5) is 0. The van der Waals surface area contributed by atoms with Gasteiger partial charge in [0.1, 0.15) is 0 Å². The number of ether oxygens (including phenoxy) is 2. The van der Waals surface area contributed by atoms with Crippen molar-refractivity contribution in [2.24, 2.45) is 11.3 Å². The molecular formula is C27H40O3. The molecule has 1 N–H and O–H groups in total. The van der Waals surface area contributed by atoms with Crippen molar-refractivity contribution >= 4 is 0 Å². The van der Waals surface area contributed by atoms with Gasteiger partial charge in [0.2, 0.25) is 0 Å². The Balaban J connectivity index is 2.69. The van der Waals surface area contributed by atoms with Gasteiger partial charge in [0, 0.05) is 20.1 Å². The number of hydrogen-bond acceptors (Lipinski definition) is 3. The minimum Gasteiger partial charge on any atom is -0.389 e. The lowest BCUT2D eigenvalue weighted by atomic mass is 9.67. The van der Waals surface area contributed by atoms with E-state index in [1.54, 1.807) is 14.2 Å². The number of allylic oxidation sites excluding steroid dienone is 12. The molecule has 1 aliphatic carbocycles. The molecule has 0 saturated carbocycles. The van der Waals surface area contributed by atoms with Crippen LogP contribution in [-0.2, 0) is 9.47 Å². The molecule has 0 aliphatic heterocycles. The third-order valence-electron chi connectivity index (χ3n) is 5.42. The molecule has 1 rings (SSSR count). The van der Waals surface area contributed by atoms with E-state index in [-0.39, 0.29) is 17.8 Å². The van der Waals surface area contributed by atoms with Gasteiger partial charge >= 0.3 is 0 Å². The summed E-state index contributed by atoms with van der Waals surface area (Å²) in [5.41, 5.74) is 4.70. The zero-order valence-electron chi connectivity index (χ0n) is 20.0. The lowest BCUT2D eigenvalue weighted by molar-refractivity contribution is -0.0746. The number of methoxy groups -OCH3 is 2. The highest BCUT2D eigenvalue weighted by Crippen LogP contribution is 2.41. The molecule has 0 aromatic rings. The molecule has 0 spiro atoms. The van der Waals surface area contributed by atoms with Gasteiger partial charge in [0.25, 0.3) is 0 Å². The Hall–Kier alpha value is -1.94. The Morgan fingerprint density at radius 1 is 1.00 bits per heavy atom. The van der Waals surface area contributed by atoms with Gasteiger partial charge in [-0.25, -0.2) is 0 Å². The van der Waals surface area contributed by atoms with Crippen LogP contribution in [0.15, 0.2) is 83.1 Å². The molecule has 0 heterocycles. The average Bonchev–Trinajstić information content (AvgIpc) is 2.64. The molecule has 3 heteroatoms.